The number of amides is 2. The third kappa shape index (κ3) is 6.07. The number of aromatic nitrogens is 2. The predicted octanol–water partition coefficient (Wildman–Crippen LogP) is 2.43. The summed E-state index contributed by atoms with van der Waals surface area (Å²) in [6.45, 7) is 8.85. The highest BCUT2D eigenvalue weighted by Crippen LogP contribution is 2.31. The Morgan fingerprint density at radius 3 is 2.71 bits per heavy atom. The van der Waals surface area contributed by atoms with Crippen LogP contribution in [-0.4, -0.2) is 79.4 Å². The molecule has 35 heavy (non-hydrogen) atoms. The lowest BCUT2D eigenvalue weighted by Gasteiger charge is -2.37. The number of urea groups is 1. The Kier molecular flexibility index (Phi) is 8.14. The lowest BCUT2D eigenvalue weighted by atomic mass is 10.0. The molecule has 3 heterocycles. The van der Waals surface area contributed by atoms with E-state index < -0.39 is 0 Å². The molecule has 0 spiro atoms. The summed E-state index contributed by atoms with van der Waals surface area (Å²) in [6.07, 6.45) is 1.18. The molecule has 0 aliphatic carbocycles. The molecule has 2 aliphatic rings. The fourth-order valence-electron chi connectivity index (χ4n) is 4.45. The summed E-state index contributed by atoms with van der Waals surface area (Å²) in [4.78, 5) is 38.0. The van der Waals surface area contributed by atoms with Gasteiger partial charge in [-0.1, -0.05) is 0 Å². The van der Waals surface area contributed by atoms with Crippen molar-refractivity contribution in [3.8, 4) is 11.4 Å². The highest BCUT2D eigenvalue weighted by Gasteiger charge is 2.29. The maximum atomic E-state index is 11.8. The van der Waals surface area contributed by atoms with Crippen molar-refractivity contribution in [2.45, 2.75) is 39.3 Å². The quantitative estimate of drug-likeness (QED) is 0.580. The normalized spacial score (nSPS) is 18.0. The van der Waals surface area contributed by atoms with Gasteiger partial charge in [-0.05, 0) is 44.5 Å². The molecule has 10 nitrogen and oxygen atoms in total. The first-order valence-electron chi connectivity index (χ1n) is 12.2. The molecule has 1 unspecified atom stereocenters. The highest BCUT2D eigenvalue weighted by molar-refractivity contribution is 5.89. The number of benzene rings is 1. The number of fused-ring (bicyclic) bond motifs is 1. The summed E-state index contributed by atoms with van der Waals surface area (Å²) in [7, 11) is 1.42. The Morgan fingerprint density at radius 1 is 1.20 bits per heavy atom. The number of carbonyl (C=O) groups excluding carboxylic acids is 2. The van der Waals surface area contributed by atoms with Gasteiger partial charge in [0.1, 0.15) is 5.82 Å². The maximum absolute atomic E-state index is 11.8. The van der Waals surface area contributed by atoms with Gasteiger partial charge in [-0.2, -0.15) is 0 Å². The van der Waals surface area contributed by atoms with E-state index in [9.17, 15) is 9.59 Å². The molecule has 0 radical (unpaired) electrons. The molecule has 0 bridgehead atoms. The van der Waals surface area contributed by atoms with E-state index in [0.717, 1.165) is 36.6 Å². The van der Waals surface area contributed by atoms with Crippen LogP contribution in [0, 0.1) is 0 Å². The Hall–Kier alpha value is -3.24. The number of hydrogen-bond acceptors (Lipinski definition) is 8. The molecule has 1 aromatic carbocycles. The number of ether oxygens (including phenoxy) is 2. The van der Waals surface area contributed by atoms with Gasteiger partial charge in [-0.25, -0.2) is 14.8 Å². The van der Waals surface area contributed by atoms with E-state index in [2.05, 4.69) is 27.4 Å². The minimum atomic E-state index is -0.235. The van der Waals surface area contributed by atoms with E-state index in [1.54, 1.807) is 0 Å². The van der Waals surface area contributed by atoms with E-state index in [4.69, 9.17) is 19.4 Å². The number of hydrogen-bond donors (Lipinski definition) is 2. The average molecular weight is 483 g/mol. The summed E-state index contributed by atoms with van der Waals surface area (Å²) in [5.74, 6) is 1.41. The molecule has 1 aromatic heterocycles. The van der Waals surface area contributed by atoms with Gasteiger partial charge < -0.3 is 25.0 Å². The molecule has 0 saturated carbocycles. The largest absolute Gasteiger partial charge is 0.469 e. The van der Waals surface area contributed by atoms with Gasteiger partial charge in [0.25, 0.3) is 0 Å². The molecule has 4 rings (SSSR count). The topological polar surface area (TPSA) is 109 Å². The number of methoxy groups -OCH3 is 1. The molecule has 1 fully saturated rings. The van der Waals surface area contributed by atoms with Crippen molar-refractivity contribution in [2.75, 3.05) is 56.7 Å². The minimum absolute atomic E-state index is 0.205. The third-order valence-electron chi connectivity index (χ3n) is 6.36. The van der Waals surface area contributed by atoms with Crippen molar-refractivity contribution in [1.29, 1.82) is 0 Å². The number of rotatable bonds is 7. The van der Waals surface area contributed by atoms with Gasteiger partial charge in [-0.3, -0.25) is 9.69 Å². The zero-order valence-electron chi connectivity index (χ0n) is 20.7. The van der Waals surface area contributed by atoms with Gasteiger partial charge in [0.2, 0.25) is 0 Å². The molecule has 2 aliphatic heterocycles. The van der Waals surface area contributed by atoms with Crippen LogP contribution in [0.4, 0.5) is 16.3 Å². The smallest absolute Gasteiger partial charge is 0.319 e. The summed E-state index contributed by atoms with van der Waals surface area (Å²) in [6, 6.07) is 7.54. The second-order valence-corrected chi connectivity index (χ2v) is 8.83. The van der Waals surface area contributed by atoms with Crippen molar-refractivity contribution >= 4 is 23.5 Å². The first-order valence-corrected chi connectivity index (χ1v) is 12.2. The summed E-state index contributed by atoms with van der Waals surface area (Å²) >= 11 is 0. The molecular formula is C25H34N6O4. The molecule has 2 N–H and O–H groups in total. The van der Waals surface area contributed by atoms with Crippen molar-refractivity contribution < 1.29 is 19.1 Å². The van der Waals surface area contributed by atoms with E-state index >= 15 is 0 Å². The fraction of sp³-hybridized carbons (Fsp3) is 0.520. The molecule has 2 aromatic rings. The van der Waals surface area contributed by atoms with E-state index in [-0.39, 0.29) is 18.0 Å². The standard InChI is InChI=1S/C25H34N6O4/c1-4-26-25(33)27-19-7-5-18(6-8-19)23-28-21-15-30(12-10-22(32)34-3)11-9-20(21)24(29-23)31-13-14-35-16-17(31)2/h5-8,17H,4,9-16H2,1-3H3,(H2,26,27,33). The first-order chi connectivity index (χ1) is 17.0. The van der Waals surface area contributed by atoms with Gasteiger partial charge in [-0.15, -0.1) is 0 Å². The van der Waals surface area contributed by atoms with Crippen LogP contribution in [-0.2, 0) is 27.2 Å². The Balaban J connectivity index is 1.63. The van der Waals surface area contributed by atoms with Crippen LogP contribution in [0.3, 0.4) is 0 Å². The molecular weight excluding hydrogens is 448 g/mol. The van der Waals surface area contributed by atoms with Gasteiger partial charge >= 0.3 is 12.0 Å². The van der Waals surface area contributed by atoms with E-state index in [1.165, 1.54) is 12.7 Å². The molecule has 2 amide bonds. The zero-order chi connectivity index (χ0) is 24.8. The minimum Gasteiger partial charge on any atom is -0.469 e. The van der Waals surface area contributed by atoms with Gasteiger partial charge in [0.15, 0.2) is 5.82 Å². The number of carbonyl (C=O) groups is 2. The van der Waals surface area contributed by atoms with Crippen LogP contribution in [0.15, 0.2) is 24.3 Å². The third-order valence-corrected chi connectivity index (χ3v) is 6.36. The van der Waals surface area contributed by atoms with Gasteiger partial charge in [0.05, 0.1) is 38.5 Å². The second-order valence-electron chi connectivity index (χ2n) is 8.83. The Bertz CT molecular complexity index is 1040. The van der Waals surface area contributed by atoms with Crippen LogP contribution in [0.5, 0.6) is 0 Å². The lowest BCUT2D eigenvalue weighted by Crippen LogP contribution is -2.45. The maximum Gasteiger partial charge on any atom is 0.319 e. The monoisotopic (exact) mass is 482 g/mol. The summed E-state index contributed by atoms with van der Waals surface area (Å²) < 4.78 is 10.5. The van der Waals surface area contributed by atoms with Crippen LogP contribution in [0.25, 0.3) is 11.4 Å². The van der Waals surface area contributed by atoms with Crippen LogP contribution < -0.4 is 15.5 Å². The van der Waals surface area contributed by atoms with Gasteiger partial charge in [0, 0.05) is 49.5 Å². The van der Waals surface area contributed by atoms with Crippen molar-refractivity contribution in [1.82, 2.24) is 20.2 Å². The highest BCUT2D eigenvalue weighted by atomic mass is 16.5. The molecule has 1 atom stereocenters. The van der Waals surface area contributed by atoms with Crippen molar-refractivity contribution in [3.05, 3.63) is 35.5 Å². The number of morpholine rings is 1. The number of esters is 1. The first kappa shape index (κ1) is 24.9. The number of nitrogens with zero attached hydrogens (tertiary/aromatic N) is 4. The number of nitrogens with one attached hydrogen (secondary N) is 2. The molecule has 188 valence electrons. The Morgan fingerprint density at radius 2 is 2.00 bits per heavy atom. The van der Waals surface area contributed by atoms with E-state index in [1.807, 2.05) is 31.2 Å². The van der Waals surface area contributed by atoms with Crippen LogP contribution in [0.2, 0.25) is 0 Å². The summed E-state index contributed by atoms with van der Waals surface area (Å²) in [5.41, 5.74) is 3.74. The van der Waals surface area contributed by atoms with Crippen molar-refractivity contribution in [3.63, 3.8) is 0 Å². The molecule has 10 heteroatoms. The van der Waals surface area contributed by atoms with Crippen LogP contribution >= 0.6 is 0 Å². The molecule has 1 saturated heterocycles. The number of anilines is 2. The predicted molar refractivity (Wildman–Crippen MR) is 133 cm³/mol. The fourth-order valence-corrected chi connectivity index (χ4v) is 4.45. The lowest BCUT2D eigenvalue weighted by molar-refractivity contribution is -0.141. The zero-order valence-corrected chi connectivity index (χ0v) is 20.7. The Labute approximate surface area is 206 Å². The van der Waals surface area contributed by atoms with E-state index in [0.29, 0.717) is 50.8 Å². The SMILES string of the molecule is CCNC(=O)Nc1ccc(-c2nc3c(c(N4CCOCC4C)n2)CCN(CCC(=O)OC)C3)cc1. The second kappa shape index (κ2) is 11.5. The van der Waals surface area contributed by atoms with Crippen molar-refractivity contribution in [2.24, 2.45) is 0 Å². The summed E-state index contributed by atoms with van der Waals surface area (Å²) in [5, 5.41) is 5.54. The average Bonchev–Trinajstić information content (AvgIpc) is 2.87. The van der Waals surface area contributed by atoms with Crippen LogP contribution in [0.1, 0.15) is 31.5 Å².